The molecule has 0 fully saturated rings. The van der Waals surface area contributed by atoms with E-state index in [2.05, 4.69) is 20.3 Å². The van der Waals surface area contributed by atoms with E-state index in [4.69, 9.17) is 4.74 Å². The van der Waals surface area contributed by atoms with Gasteiger partial charge in [-0.05, 0) is 12.1 Å². The van der Waals surface area contributed by atoms with Crippen LogP contribution in [0.1, 0.15) is 5.69 Å². The number of hydrogen-bond acceptors (Lipinski definition) is 7. The lowest BCUT2D eigenvalue weighted by molar-refractivity contribution is -0.386. The first-order valence-electron chi connectivity index (χ1n) is 5.92. The van der Waals surface area contributed by atoms with Crippen LogP contribution >= 0.6 is 0 Å². The third-order valence-corrected chi connectivity index (χ3v) is 2.48. The van der Waals surface area contributed by atoms with Gasteiger partial charge in [-0.2, -0.15) is 4.98 Å². The molecule has 0 radical (unpaired) electrons. The first kappa shape index (κ1) is 13.7. The van der Waals surface area contributed by atoms with Gasteiger partial charge in [0.1, 0.15) is 6.20 Å². The van der Waals surface area contributed by atoms with Gasteiger partial charge in [0.15, 0.2) is 0 Å². The van der Waals surface area contributed by atoms with Crippen molar-refractivity contribution in [3.63, 3.8) is 0 Å². The van der Waals surface area contributed by atoms with Crippen molar-refractivity contribution in [2.24, 2.45) is 0 Å². The number of rotatable bonds is 6. The molecule has 0 saturated carbocycles. The smallest absolute Gasteiger partial charge is 0.349 e. The van der Waals surface area contributed by atoms with Crippen molar-refractivity contribution in [3.8, 4) is 5.88 Å². The third-order valence-electron chi connectivity index (χ3n) is 2.48. The summed E-state index contributed by atoms with van der Waals surface area (Å²) in [6.07, 6.45) is 3.34. The maximum absolute atomic E-state index is 10.9. The van der Waals surface area contributed by atoms with Gasteiger partial charge in [-0.3, -0.25) is 15.1 Å². The van der Waals surface area contributed by atoms with Gasteiger partial charge < -0.3 is 10.1 Å². The second kappa shape index (κ2) is 6.41. The predicted molar refractivity (Wildman–Crippen MR) is 71.7 cm³/mol. The summed E-state index contributed by atoms with van der Waals surface area (Å²) in [5, 5.41) is 13.6. The van der Waals surface area contributed by atoms with Crippen LogP contribution in [0.3, 0.4) is 0 Å². The van der Waals surface area contributed by atoms with Gasteiger partial charge in [-0.15, -0.1) is 0 Å². The molecule has 104 valence electrons. The van der Waals surface area contributed by atoms with Crippen molar-refractivity contribution < 1.29 is 9.66 Å². The van der Waals surface area contributed by atoms with E-state index in [1.807, 2.05) is 18.2 Å². The van der Waals surface area contributed by atoms with Crippen molar-refractivity contribution in [1.82, 2.24) is 15.0 Å². The van der Waals surface area contributed by atoms with Crippen LogP contribution in [0.5, 0.6) is 5.88 Å². The minimum absolute atomic E-state index is 0.0507. The molecule has 2 aromatic rings. The van der Waals surface area contributed by atoms with Crippen molar-refractivity contribution in [2.75, 3.05) is 19.0 Å². The number of hydrogen-bond donors (Lipinski definition) is 1. The average Bonchev–Trinajstić information content (AvgIpc) is 2.48. The first-order chi connectivity index (χ1) is 9.70. The Morgan fingerprint density at radius 2 is 2.25 bits per heavy atom. The largest absolute Gasteiger partial charge is 0.472 e. The molecular formula is C12H13N5O3. The first-order valence-corrected chi connectivity index (χ1v) is 5.92. The van der Waals surface area contributed by atoms with Crippen LogP contribution in [-0.4, -0.2) is 33.5 Å². The number of nitrogens with one attached hydrogen (secondary N) is 1. The number of aromatic nitrogens is 3. The summed E-state index contributed by atoms with van der Waals surface area (Å²) in [6.45, 7) is 0.248. The van der Waals surface area contributed by atoms with E-state index in [-0.39, 0.29) is 24.1 Å². The minimum atomic E-state index is -0.574. The highest BCUT2D eigenvalue weighted by Crippen LogP contribution is 2.24. The fourth-order valence-corrected chi connectivity index (χ4v) is 1.51. The lowest BCUT2D eigenvalue weighted by Crippen LogP contribution is -2.08. The summed E-state index contributed by atoms with van der Waals surface area (Å²) >= 11 is 0. The fourth-order valence-electron chi connectivity index (χ4n) is 1.51. The van der Waals surface area contributed by atoms with E-state index in [0.29, 0.717) is 6.42 Å². The van der Waals surface area contributed by atoms with Gasteiger partial charge in [-0.25, -0.2) is 4.98 Å². The van der Waals surface area contributed by atoms with Crippen molar-refractivity contribution in [3.05, 3.63) is 46.4 Å². The maximum atomic E-state index is 10.9. The van der Waals surface area contributed by atoms with Gasteiger partial charge in [0.05, 0.1) is 11.5 Å². The van der Waals surface area contributed by atoms with Crippen LogP contribution in [0.15, 0.2) is 30.6 Å². The number of pyridine rings is 1. The second-order valence-corrected chi connectivity index (χ2v) is 3.81. The van der Waals surface area contributed by atoms with E-state index >= 15 is 0 Å². The SMILES string of the molecule is CNc1ncc([N+](=O)[O-])c(OCCc2ccccn2)n1. The molecule has 8 heteroatoms. The highest BCUT2D eigenvalue weighted by Gasteiger charge is 2.18. The molecule has 0 unspecified atom stereocenters. The Labute approximate surface area is 115 Å². The van der Waals surface area contributed by atoms with E-state index in [0.717, 1.165) is 11.9 Å². The second-order valence-electron chi connectivity index (χ2n) is 3.81. The molecule has 0 bridgehead atoms. The Kier molecular flexibility index (Phi) is 4.38. The van der Waals surface area contributed by atoms with Crippen LogP contribution in [0.4, 0.5) is 11.6 Å². The van der Waals surface area contributed by atoms with Crippen LogP contribution in [0, 0.1) is 10.1 Å². The molecule has 0 spiro atoms. The Hall–Kier alpha value is -2.77. The summed E-state index contributed by atoms with van der Waals surface area (Å²) in [4.78, 5) is 22.2. The minimum Gasteiger partial charge on any atom is -0.472 e. The van der Waals surface area contributed by atoms with E-state index in [1.54, 1.807) is 13.2 Å². The predicted octanol–water partition coefficient (Wildman–Crippen LogP) is 1.44. The lowest BCUT2D eigenvalue weighted by atomic mass is 10.3. The maximum Gasteiger partial charge on any atom is 0.349 e. The molecule has 0 aliphatic carbocycles. The van der Waals surface area contributed by atoms with Crippen molar-refractivity contribution >= 4 is 11.6 Å². The molecule has 2 aromatic heterocycles. The van der Waals surface area contributed by atoms with Gasteiger partial charge in [0.25, 0.3) is 5.88 Å². The number of nitrogens with zero attached hydrogens (tertiary/aromatic N) is 4. The van der Waals surface area contributed by atoms with Crippen LogP contribution in [0.25, 0.3) is 0 Å². The Balaban J connectivity index is 2.06. The standard InChI is InChI=1S/C12H13N5O3/c1-13-12-15-8-10(17(18)19)11(16-12)20-7-5-9-4-2-3-6-14-9/h2-4,6,8H,5,7H2,1H3,(H,13,15,16). The molecule has 2 rings (SSSR count). The number of anilines is 1. The zero-order valence-corrected chi connectivity index (χ0v) is 10.8. The van der Waals surface area contributed by atoms with E-state index < -0.39 is 4.92 Å². The average molecular weight is 275 g/mol. The molecule has 0 aliphatic rings. The van der Waals surface area contributed by atoms with Gasteiger partial charge in [0.2, 0.25) is 5.95 Å². The topological polar surface area (TPSA) is 103 Å². The monoisotopic (exact) mass is 275 g/mol. The van der Waals surface area contributed by atoms with Crippen LogP contribution < -0.4 is 10.1 Å². The van der Waals surface area contributed by atoms with Crippen molar-refractivity contribution in [2.45, 2.75) is 6.42 Å². The lowest BCUT2D eigenvalue weighted by Gasteiger charge is -2.06. The van der Waals surface area contributed by atoms with Gasteiger partial charge in [0, 0.05) is 25.4 Å². The molecular weight excluding hydrogens is 262 g/mol. The van der Waals surface area contributed by atoms with Crippen molar-refractivity contribution in [1.29, 1.82) is 0 Å². The summed E-state index contributed by atoms with van der Waals surface area (Å²) in [7, 11) is 1.62. The highest BCUT2D eigenvalue weighted by molar-refractivity contribution is 5.42. The molecule has 0 atom stereocenters. The highest BCUT2D eigenvalue weighted by atomic mass is 16.6. The Morgan fingerprint density at radius 3 is 2.90 bits per heavy atom. The van der Waals surface area contributed by atoms with Gasteiger partial charge in [-0.1, -0.05) is 6.07 Å². The normalized spacial score (nSPS) is 10.1. The molecule has 2 heterocycles. The van der Waals surface area contributed by atoms with E-state index in [9.17, 15) is 10.1 Å². The molecule has 1 N–H and O–H groups in total. The molecule has 0 amide bonds. The van der Waals surface area contributed by atoms with Crippen LogP contribution in [-0.2, 0) is 6.42 Å². The number of ether oxygens (including phenoxy) is 1. The number of nitro groups is 1. The Morgan fingerprint density at radius 1 is 1.40 bits per heavy atom. The van der Waals surface area contributed by atoms with Gasteiger partial charge >= 0.3 is 5.69 Å². The summed E-state index contributed by atoms with van der Waals surface area (Å²) < 4.78 is 5.37. The Bertz CT molecular complexity index is 591. The molecule has 8 nitrogen and oxygen atoms in total. The zero-order chi connectivity index (χ0) is 14.4. The molecule has 20 heavy (non-hydrogen) atoms. The molecule has 0 aliphatic heterocycles. The zero-order valence-electron chi connectivity index (χ0n) is 10.8. The van der Waals surface area contributed by atoms with E-state index in [1.165, 1.54) is 0 Å². The molecule has 0 aromatic carbocycles. The quantitative estimate of drug-likeness (QED) is 0.628. The summed E-state index contributed by atoms with van der Waals surface area (Å²) in [6, 6.07) is 5.55. The summed E-state index contributed by atoms with van der Waals surface area (Å²) in [5.41, 5.74) is 0.586. The molecule has 0 saturated heterocycles. The fraction of sp³-hybridized carbons (Fsp3) is 0.250. The van der Waals surface area contributed by atoms with Crippen LogP contribution in [0.2, 0.25) is 0 Å². The summed E-state index contributed by atoms with van der Waals surface area (Å²) in [5.74, 6) is 0.216. The third kappa shape index (κ3) is 3.37.